The predicted molar refractivity (Wildman–Crippen MR) is 154 cm³/mol. The summed E-state index contributed by atoms with van der Waals surface area (Å²) in [6.07, 6.45) is 13.0. The lowest BCUT2D eigenvalue weighted by atomic mass is 9.82. The Morgan fingerprint density at radius 2 is 1.68 bits per heavy atom. The molecule has 10 heteroatoms. The zero-order valence-electron chi connectivity index (χ0n) is 23.4. The first-order chi connectivity index (χ1) is 18.6. The van der Waals surface area contributed by atoms with E-state index >= 15 is 0 Å². The van der Waals surface area contributed by atoms with E-state index in [1.807, 2.05) is 13.0 Å². The number of nitrogens with two attached hydrogens (primary N) is 1. The van der Waals surface area contributed by atoms with Gasteiger partial charge < -0.3 is 36.2 Å². The van der Waals surface area contributed by atoms with Crippen molar-refractivity contribution in [1.82, 2.24) is 25.5 Å². The highest BCUT2D eigenvalue weighted by atomic mass is 16.6. The van der Waals surface area contributed by atoms with Crippen molar-refractivity contribution < 1.29 is 9.53 Å². The van der Waals surface area contributed by atoms with Gasteiger partial charge in [0.05, 0.1) is 6.61 Å². The van der Waals surface area contributed by atoms with Crippen LogP contribution in [0.1, 0.15) is 71.1 Å². The summed E-state index contributed by atoms with van der Waals surface area (Å²) in [5.41, 5.74) is 6.11. The molecule has 3 aliphatic rings. The van der Waals surface area contributed by atoms with Gasteiger partial charge in [0.2, 0.25) is 5.95 Å². The van der Waals surface area contributed by atoms with E-state index in [2.05, 4.69) is 25.8 Å². The summed E-state index contributed by atoms with van der Waals surface area (Å²) in [6, 6.07) is 2.58. The van der Waals surface area contributed by atoms with Crippen LogP contribution in [0.2, 0.25) is 0 Å². The monoisotopic (exact) mass is 530 g/mol. The molecule has 2 saturated carbocycles. The number of carbonyl (C=O) groups is 1. The Labute approximate surface area is 228 Å². The summed E-state index contributed by atoms with van der Waals surface area (Å²) in [7, 11) is 0. The molecule has 5 N–H and O–H groups in total. The van der Waals surface area contributed by atoms with Gasteiger partial charge in [-0.05, 0) is 83.3 Å². The number of hydrogen-bond donors (Lipinski definition) is 4. The minimum absolute atomic E-state index is 0.246. The van der Waals surface area contributed by atoms with Crippen LogP contribution in [0.15, 0.2) is 6.07 Å². The van der Waals surface area contributed by atoms with Crippen molar-refractivity contribution >= 4 is 23.7 Å². The smallest absolute Gasteiger partial charge is 0.409 e. The normalized spacial score (nSPS) is 22.9. The lowest BCUT2D eigenvalue weighted by Crippen LogP contribution is -2.49. The molecule has 0 aromatic carbocycles. The molecule has 0 radical (unpaired) electrons. The van der Waals surface area contributed by atoms with E-state index in [1.165, 1.54) is 64.2 Å². The number of amides is 1. The standard InChI is InChI=1S/C28H50N8O2/c1-2-38-28(37)36-17-15-35(16-18-36)26-19-25(29)33-27(34-26)32-21-23-11-9-22(10-12-23)20-30-13-6-14-31-24-7-4-3-5-8-24/h19,22-24,30-31H,2-18,20-21H2,1H3,(H3,29,32,33,34). The van der Waals surface area contributed by atoms with Crippen LogP contribution < -0.4 is 26.6 Å². The van der Waals surface area contributed by atoms with Crippen LogP contribution in [-0.2, 0) is 4.74 Å². The molecule has 3 fully saturated rings. The molecular weight excluding hydrogens is 480 g/mol. The summed E-state index contributed by atoms with van der Waals surface area (Å²) < 4.78 is 5.12. The molecule has 1 amide bonds. The fourth-order valence-corrected chi connectivity index (χ4v) is 6.03. The van der Waals surface area contributed by atoms with Crippen molar-refractivity contribution in [3.05, 3.63) is 6.07 Å². The maximum atomic E-state index is 12.0. The van der Waals surface area contributed by atoms with Crippen LogP contribution in [0, 0.1) is 11.8 Å². The first-order valence-corrected chi connectivity index (χ1v) is 15.1. The molecule has 10 nitrogen and oxygen atoms in total. The third-order valence-electron chi connectivity index (χ3n) is 8.38. The van der Waals surface area contributed by atoms with E-state index in [-0.39, 0.29) is 6.09 Å². The van der Waals surface area contributed by atoms with Crippen LogP contribution >= 0.6 is 0 Å². The Hall–Kier alpha value is -2.33. The lowest BCUT2D eigenvalue weighted by molar-refractivity contribution is 0.105. The molecular formula is C28H50N8O2. The van der Waals surface area contributed by atoms with E-state index in [1.54, 1.807) is 4.90 Å². The van der Waals surface area contributed by atoms with Crippen molar-refractivity contribution in [3.63, 3.8) is 0 Å². The molecule has 1 aromatic rings. The predicted octanol–water partition coefficient (Wildman–Crippen LogP) is 3.46. The van der Waals surface area contributed by atoms with Gasteiger partial charge in [0, 0.05) is 44.8 Å². The van der Waals surface area contributed by atoms with Crippen molar-refractivity contribution in [1.29, 1.82) is 0 Å². The minimum Gasteiger partial charge on any atom is -0.450 e. The van der Waals surface area contributed by atoms with Gasteiger partial charge in [0.1, 0.15) is 11.6 Å². The molecule has 2 aliphatic carbocycles. The van der Waals surface area contributed by atoms with Gasteiger partial charge in [-0.25, -0.2) is 4.79 Å². The average Bonchev–Trinajstić information content (AvgIpc) is 2.95. The van der Waals surface area contributed by atoms with E-state index in [4.69, 9.17) is 15.5 Å². The van der Waals surface area contributed by atoms with Crippen molar-refractivity contribution in [2.75, 3.05) is 74.9 Å². The molecule has 38 heavy (non-hydrogen) atoms. The Kier molecular flexibility index (Phi) is 11.6. The van der Waals surface area contributed by atoms with Gasteiger partial charge in [0.25, 0.3) is 0 Å². The fourth-order valence-electron chi connectivity index (χ4n) is 6.03. The first kappa shape index (κ1) is 28.7. The lowest BCUT2D eigenvalue weighted by Gasteiger charge is -2.34. The van der Waals surface area contributed by atoms with Crippen molar-refractivity contribution in [3.8, 4) is 0 Å². The Morgan fingerprint density at radius 1 is 0.974 bits per heavy atom. The third-order valence-corrected chi connectivity index (χ3v) is 8.38. The first-order valence-electron chi connectivity index (χ1n) is 15.1. The average molecular weight is 531 g/mol. The minimum atomic E-state index is -0.246. The molecule has 1 aromatic heterocycles. The number of aromatic nitrogens is 2. The largest absolute Gasteiger partial charge is 0.450 e. The molecule has 0 bridgehead atoms. The number of anilines is 3. The van der Waals surface area contributed by atoms with Crippen molar-refractivity contribution in [2.45, 2.75) is 77.2 Å². The molecule has 2 heterocycles. The zero-order valence-corrected chi connectivity index (χ0v) is 23.4. The second-order valence-electron chi connectivity index (χ2n) is 11.3. The Bertz CT molecular complexity index is 834. The van der Waals surface area contributed by atoms with Gasteiger partial charge in [-0.2, -0.15) is 9.97 Å². The van der Waals surface area contributed by atoms with Crippen LogP contribution in [0.4, 0.5) is 22.4 Å². The number of rotatable bonds is 12. The highest BCUT2D eigenvalue weighted by Crippen LogP contribution is 2.29. The van der Waals surface area contributed by atoms with E-state index in [0.717, 1.165) is 44.0 Å². The summed E-state index contributed by atoms with van der Waals surface area (Å²) in [4.78, 5) is 25.0. The maximum absolute atomic E-state index is 12.0. The molecule has 0 spiro atoms. The number of piperazine rings is 1. The molecule has 214 valence electrons. The highest BCUT2D eigenvalue weighted by Gasteiger charge is 2.24. The van der Waals surface area contributed by atoms with Crippen molar-refractivity contribution in [2.24, 2.45) is 11.8 Å². The number of nitrogen functional groups attached to an aromatic ring is 1. The third kappa shape index (κ3) is 9.15. The highest BCUT2D eigenvalue weighted by molar-refractivity contribution is 5.68. The van der Waals surface area contributed by atoms with Crippen LogP contribution in [0.5, 0.6) is 0 Å². The van der Waals surface area contributed by atoms with Gasteiger partial charge in [0.15, 0.2) is 0 Å². The molecule has 0 unspecified atom stereocenters. The van der Waals surface area contributed by atoms with Crippen LogP contribution in [0.25, 0.3) is 0 Å². The molecule has 1 saturated heterocycles. The van der Waals surface area contributed by atoms with Crippen LogP contribution in [-0.4, -0.2) is 86.0 Å². The van der Waals surface area contributed by atoms with Gasteiger partial charge in [-0.15, -0.1) is 0 Å². The van der Waals surface area contributed by atoms with E-state index in [0.29, 0.717) is 50.5 Å². The second-order valence-corrected chi connectivity index (χ2v) is 11.3. The van der Waals surface area contributed by atoms with Gasteiger partial charge in [-0.3, -0.25) is 0 Å². The number of hydrogen-bond acceptors (Lipinski definition) is 9. The van der Waals surface area contributed by atoms with Gasteiger partial charge >= 0.3 is 6.09 Å². The topological polar surface area (TPSA) is 121 Å². The Morgan fingerprint density at radius 3 is 2.39 bits per heavy atom. The summed E-state index contributed by atoms with van der Waals surface area (Å²) in [6.45, 7) is 9.14. The number of nitrogens with one attached hydrogen (secondary N) is 3. The zero-order chi connectivity index (χ0) is 26.6. The molecule has 1 aliphatic heterocycles. The van der Waals surface area contributed by atoms with Crippen LogP contribution in [0.3, 0.4) is 0 Å². The van der Waals surface area contributed by atoms with Gasteiger partial charge in [-0.1, -0.05) is 19.3 Å². The molecule has 0 atom stereocenters. The fraction of sp³-hybridized carbons (Fsp3) is 0.821. The summed E-state index contributed by atoms with van der Waals surface area (Å²) in [5, 5.41) is 10.9. The number of carbonyl (C=O) groups excluding carboxylic acids is 1. The Balaban J connectivity index is 1.10. The summed E-state index contributed by atoms with van der Waals surface area (Å²) in [5.74, 6) is 3.31. The maximum Gasteiger partial charge on any atom is 0.409 e. The van der Waals surface area contributed by atoms with E-state index in [9.17, 15) is 4.79 Å². The SMILES string of the molecule is CCOC(=O)N1CCN(c2cc(N)nc(NCC3CCC(CNCCCNC4CCCCC4)CC3)n2)CC1. The number of ether oxygens (including phenoxy) is 1. The summed E-state index contributed by atoms with van der Waals surface area (Å²) >= 11 is 0. The number of nitrogens with zero attached hydrogens (tertiary/aromatic N) is 4. The second kappa shape index (κ2) is 15.3. The molecule has 4 rings (SSSR count). The quantitative estimate of drug-likeness (QED) is 0.301. The van der Waals surface area contributed by atoms with E-state index < -0.39 is 0 Å².